The van der Waals surface area contributed by atoms with E-state index in [4.69, 9.17) is 4.74 Å². The van der Waals surface area contributed by atoms with E-state index in [0.717, 1.165) is 24.3 Å². The van der Waals surface area contributed by atoms with Crippen molar-refractivity contribution in [3.63, 3.8) is 0 Å². The summed E-state index contributed by atoms with van der Waals surface area (Å²) in [6, 6.07) is 3.95. The Labute approximate surface area is 115 Å². The minimum atomic E-state index is -4.42. The van der Waals surface area contributed by atoms with E-state index in [1.165, 1.54) is 0 Å². The summed E-state index contributed by atoms with van der Waals surface area (Å²) in [6.07, 6.45) is -5.85. The third-order valence-corrected chi connectivity index (χ3v) is 2.73. The molecule has 3 nitrogen and oxygen atoms in total. The molecular formula is C14H17F3O3. The fraction of sp³-hybridized carbons (Fsp3) is 0.500. The SMILES string of the molecule is CC(C)(C)C(=O)CO[C@H](O)c1ccc(C(F)(F)F)cc1. The second kappa shape index (κ2) is 5.93. The minimum absolute atomic E-state index is 0.166. The highest BCUT2D eigenvalue weighted by Crippen LogP contribution is 2.30. The van der Waals surface area contributed by atoms with Gasteiger partial charge in [-0.05, 0) is 12.1 Å². The topological polar surface area (TPSA) is 46.5 Å². The number of hydrogen-bond donors (Lipinski definition) is 1. The molecule has 0 saturated heterocycles. The number of rotatable bonds is 4. The van der Waals surface area contributed by atoms with Gasteiger partial charge in [0.15, 0.2) is 12.1 Å². The molecule has 0 aliphatic rings. The van der Waals surface area contributed by atoms with Gasteiger partial charge in [0.05, 0.1) is 5.56 Å². The van der Waals surface area contributed by atoms with Gasteiger partial charge in [-0.15, -0.1) is 0 Å². The second-order valence-electron chi connectivity index (χ2n) is 5.46. The number of Topliss-reactive ketones (excluding diaryl/α,β-unsaturated/α-hetero) is 1. The summed E-state index contributed by atoms with van der Waals surface area (Å²) in [4.78, 5) is 11.6. The lowest BCUT2D eigenvalue weighted by Crippen LogP contribution is -2.25. The third-order valence-electron chi connectivity index (χ3n) is 2.73. The van der Waals surface area contributed by atoms with E-state index >= 15 is 0 Å². The van der Waals surface area contributed by atoms with Crippen LogP contribution in [0.2, 0.25) is 0 Å². The molecule has 1 N–H and O–H groups in total. The Kier molecular flexibility index (Phi) is 4.94. The Bertz CT molecular complexity index is 458. The van der Waals surface area contributed by atoms with E-state index in [9.17, 15) is 23.1 Å². The molecule has 0 fully saturated rings. The maximum absolute atomic E-state index is 12.4. The zero-order valence-electron chi connectivity index (χ0n) is 11.5. The van der Waals surface area contributed by atoms with Crippen molar-refractivity contribution >= 4 is 5.78 Å². The summed E-state index contributed by atoms with van der Waals surface area (Å²) in [6.45, 7) is 4.83. The summed E-state index contributed by atoms with van der Waals surface area (Å²) >= 11 is 0. The van der Waals surface area contributed by atoms with Gasteiger partial charge >= 0.3 is 6.18 Å². The Morgan fingerprint density at radius 2 is 1.70 bits per heavy atom. The van der Waals surface area contributed by atoms with Crippen molar-refractivity contribution in [2.75, 3.05) is 6.61 Å². The third kappa shape index (κ3) is 4.61. The zero-order valence-corrected chi connectivity index (χ0v) is 11.5. The largest absolute Gasteiger partial charge is 0.416 e. The van der Waals surface area contributed by atoms with Gasteiger partial charge in [0.1, 0.15) is 6.61 Å². The molecule has 20 heavy (non-hydrogen) atoms. The van der Waals surface area contributed by atoms with E-state index in [2.05, 4.69) is 0 Å². The summed E-state index contributed by atoms with van der Waals surface area (Å²) in [5.41, 5.74) is -1.24. The van der Waals surface area contributed by atoms with Gasteiger partial charge in [-0.3, -0.25) is 4.79 Å². The minimum Gasteiger partial charge on any atom is -0.364 e. The van der Waals surface area contributed by atoms with Gasteiger partial charge < -0.3 is 9.84 Å². The number of aliphatic hydroxyl groups excluding tert-OH is 1. The van der Waals surface area contributed by atoms with Crippen LogP contribution in [-0.4, -0.2) is 17.5 Å². The molecular weight excluding hydrogens is 273 g/mol. The lowest BCUT2D eigenvalue weighted by molar-refractivity contribution is -0.147. The van der Waals surface area contributed by atoms with E-state index in [1.807, 2.05) is 0 Å². The first-order chi connectivity index (χ1) is 9.01. The van der Waals surface area contributed by atoms with Crippen LogP contribution < -0.4 is 0 Å². The average molecular weight is 290 g/mol. The number of alkyl halides is 3. The predicted molar refractivity (Wildman–Crippen MR) is 66.8 cm³/mol. The quantitative estimate of drug-likeness (QED) is 0.865. The summed E-state index contributed by atoms with van der Waals surface area (Å²) in [7, 11) is 0. The van der Waals surface area contributed by atoms with Gasteiger partial charge in [0.2, 0.25) is 0 Å². The highest BCUT2D eigenvalue weighted by atomic mass is 19.4. The molecule has 0 saturated carbocycles. The molecule has 0 radical (unpaired) electrons. The highest BCUT2D eigenvalue weighted by Gasteiger charge is 2.30. The monoisotopic (exact) mass is 290 g/mol. The Morgan fingerprint density at radius 3 is 2.10 bits per heavy atom. The van der Waals surface area contributed by atoms with Crippen LogP contribution in [0.1, 0.15) is 38.2 Å². The van der Waals surface area contributed by atoms with Crippen molar-refractivity contribution in [3.05, 3.63) is 35.4 Å². The molecule has 0 amide bonds. The van der Waals surface area contributed by atoms with Gasteiger partial charge in [-0.25, -0.2) is 0 Å². The van der Waals surface area contributed by atoms with E-state index in [1.54, 1.807) is 20.8 Å². The highest BCUT2D eigenvalue weighted by molar-refractivity contribution is 5.84. The van der Waals surface area contributed by atoms with Crippen molar-refractivity contribution in [3.8, 4) is 0 Å². The Morgan fingerprint density at radius 1 is 1.20 bits per heavy atom. The normalized spacial score (nSPS) is 14.2. The summed E-state index contributed by atoms with van der Waals surface area (Å²) in [5, 5.41) is 9.67. The number of halogens is 3. The molecule has 6 heteroatoms. The van der Waals surface area contributed by atoms with Crippen molar-refractivity contribution in [2.45, 2.75) is 33.2 Å². The smallest absolute Gasteiger partial charge is 0.364 e. The number of carbonyl (C=O) groups excluding carboxylic acids is 1. The number of ketones is 1. The molecule has 0 bridgehead atoms. The van der Waals surface area contributed by atoms with Gasteiger partial charge in [-0.2, -0.15) is 13.2 Å². The van der Waals surface area contributed by atoms with Gasteiger partial charge in [0.25, 0.3) is 0 Å². The van der Waals surface area contributed by atoms with Crippen LogP contribution in [0.4, 0.5) is 13.2 Å². The second-order valence-corrected chi connectivity index (χ2v) is 5.46. The van der Waals surface area contributed by atoms with Crippen LogP contribution >= 0.6 is 0 Å². The molecule has 0 heterocycles. The first-order valence-electron chi connectivity index (χ1n) is 6.02. The summed E-state index contributed by atoms with van der Waals surface area (Å²) in [5.74, 6) is -0.205. The molecule has 1 aromatic rings. The first-order valence-corrected chi connectivity index (χ1v) is 6.02. The van der Waals surface area contributed by atoms with Crippen LogP contribution in [0.15, 0.2) is 24.3 Å². The molecule has 0 unspecified atom stereocenters. The molecule has 1 rings (SSSR count). The van der Waals surface area contributed by atoms with Crippen LogP contribution in [0, 0.1) is 5.41 Å². The van der Waals surface area contributed by atoms with E-state index < -0.39 is 23.4 Å². The van der Waals surface area contributed by atoms with Crippen molar-refractivity contribution in [1.29, 1.82) is 0 Å². The lowest BCUT2D eigenvalue weighted by atomic mass is 9.91. The number of hydrogen-bond acceptors (Lipinski definition) is 3. The molecule has 0 aliphatic carbocycles. The number of aliphatic hydroxyl groups is 1. The van der Waals surface area contributed by atoms with Crippen LogP contribution in [0.3, 0.4) is 0 Å². The molecule has 0 aliphatic heterocycles. The van der Waals surface area contributed by atoms with Crippen molar-refractivity contribution < 1.29 is 27.8 Å². The van der Waals surface area contributed by atoms with E-state index in [0.29, 0.717) is 0 Å². The van der Waals surface area contributed by atoms with Crippen LogP contribution in [0.25, 0.3) is 0 Å². The maximum Gasteiger partial charge on any atom is 0.416 e. The first kappa shape index (κ1) is 16.7. The van der Waals surface area contributed by atoms with Gasteiger partial charge in [0, 0.05) is 11.0 Å². The van der Waals surface area contributed by atoms with Crippen LogP contribution in [-0.2, 0) is 15.7 Å². The molecule has 0 aromatic heterocycles. The molecule has 0 spiro atoms. The zero-order chi connectivity index (χ0) is 15.6. The molecule has 112 valence electrons. The Hall–Kier alpha value is -1.40. The Balaban J connectivity index is 2.65. The van der Waals surface area contributed by atoms with Gasteiger partial charge in [-0.1, -0.05) is 32.9 Å². The average Bonchev–Trinajstić information content (AvgIpc) is 2.33. The van der Waals surface area contributed by atoms with E-state index in [-0.39, 0.29) is 18.0 Å². The lowest BCUT2D eigenvalue weighted by Gasteiger charge is -2.18. The number of benzene rings is 1. The van der Waals surface area contributed by atoms with Crippen molar-refractivity contribution in [2.24, 2.45) is 5.41 Å². The number of carbonyl (C=O) groups is 1. The fourth-order valence-corrected chi connectivity index (χ4v) is 1.30. The van der Waals surface area contributed by atoms with Crippen LogP contribution in [0.5, 0.6) is 0 Å². The standard InChI is InChI=1S/C14H17F3O3/c1-13(2,3)11(18)8-20-12(19)9-4-6-10(7-5-9)14(15,16)17/h4-7,12,19H,8H2,1-3H3/t12-/m0/s1. The maximum atomic E-state index is 12.4. The van der Waals surface area contributed by atoms with Crippen molar-refractivity contribution in [1.82, 2.24) is 0 Å². The fourth-order valence-electron chi connectivity index (χ4n) is 1.30. The number of ether oxygens (including phenoxy) is 1. The molecule has 1 atom stereocenters. The predicted octanol–water partition coefficient (Wildman–Crippen LogP) is 3.33. The molecule has 1 aromatic carbocycles. The summed E-state index contributed by atoms with van der Waals surface area (Å²) < 4.78 is 42.1.